The highest BCUT2D eigenvalue weighted by Gasteiger charge is 2.43. The third kappa shape index (κ3) is 3.98. The molecular formula is C18H22FN3O4S. The minimum Gasteiger partial charge on any atom is -0.382 e. The van der Waals surface area contributed by atoms with Crippen molar-refractivity contribution in [3.63, 3.8) is 0 Å². The molecular weight excluding hydrogens is 373 g/mol. The minimum absolute atomic E-state index is 0.0514. The summed E-state index contributed by atoms with van der Waals surface area (Å²) < 4.78 is 37.6. The van der Waals surface area contributed by atoms with Gasteiger partial charge in [-0.15, -0.1) is 0 Å². The molecule has 0 radical (unpaired) electrons. The van der Waals surface area contributed by atoms with E-state index in [2.05, 4.69) is 15.4 Å². The second kappa shape index (κ2) is 7.20. The summed E-state index contributed by atoms with van der Waals surface area (Å²) in [6.07, 6.45) is 1.50. The van der Waals surface area contributed by atoms with Crippen molar-refractivity contribution >= 4 is 21.5 Å². The van der Waals surface area contributed by atoms with Crippen molar-refractivity contribution in [3.8, 4) is 0 Å². The predicted molar refractivity (Wildman–Crippen MR) is 97.6 cm³/mol. The molecule has 7 nitrogen and oxygen atoms in total. The Bertz CT molecular complexity index is 867. The lowest BCUT2D eigenvalue weighted by molar-refractivity contribution is -0.132. The quantitative estimate of drug-likeness (QED) is 0.811. The fourth-order valence-corrected chi connectivity index (χ4v) is 5.98. The molecule has 1 amide bonds. The Morgan fingerprint density at radius 1 is 1.26 bits per heavy atom. The lowest BCUT2D eigenvalue weighted by Crippen LogP contribution is -2.52. The highest BCUT2D eigenvalue weighted by Crippen LogP contribution is 2.24. The SMILES string of the molecule is O=C(N[C@@H]1CS(=O)(=O)C[C@@H]1N1CCCC1)[C@@H]1CC(c2cccc(F)c2)=NO1. The van der Waals surface area contributed by atoms with E-state index < -0.39 is 22.0 Å². The number of benzene rings is 1. The van der Waals surface area contributed by atoms with Gasteiger partial charge < -0.3 is 10.2 Å². The number of hydrogen-bond acceptors (Lipinski definition) is 6. The number of amides is 1. The maximum absolute atomic E-state index is 13.4. The number of carbonyl (C=O) groups excluding carboxylic acids is 1. The van der Waals surface area contributed by atoms with Crippen molar-refractivity contribution in [2.45, 2.75) is 37.5 Å². The summed E-state index contributed by atoms with van der Waals surface area (Å²) in [7, 11) is -3.18. The molecule has 27 heavy (non-hydrogen) atoms. The molecule has 146 valence electrons. The van der Waals surface area contributed by atoms with Gasteiger partial charge in [0.15, 0.2) is 9.84 Å². The van der Waals surface area contributed by atoms with E-state index >= 15 is 0 Å². The molecule has 0 aromatic heterocycles. The summed E-state index contributed by atoms with van der Waals surface area (Å²) in [6.45, 7) is 1.72. The molecule has 2 fully saturated rings. The van der Waals surface area contributed by atoms with E-state index in [1.54, 1.807) is 12.1 Å². The Balaban J connectivity index is 1.40. The van der Waals surface area contributed by atoms with Crippen LogP contribution in [0, 0.1) is 5.82 Å². The number of sulfone groups is 1. The summed E-state index contributed by atoms with van der Waals surface area (Å²) in [4.78, 5) is 20.0. The van der Waals surface area contributed by atoms with Gasteiger partial charge in [0.2, 0.25) is 6.10 Å². The van der Waals surface area contributed by atoms with Gasteiger partial charge in [-0.05, 0) is 38.1 Å². The molecule has 3 aliphatic rings. The van der Waals surface area contributed by atoms with Crippen molar-refractivity contribution in [1.29, 1.82) is 0 Å². The molecule has 2 saturated heterocycles. The van der Waals surface area contributed by atoms with Crippen molar-refractivity contribution in [1.82, 2.24) is 10.2 Å². The van der Waals surface area contributed by atoms with Crippen molar-refractivity contribution in [3.05, 3.63) is 35.6 Å². The van der Waals surface area contributed by atoms with Crippen LogP contribution in [0.4, 0.5) is 4.39 Å². The zero-order valence-corrected chi connectivity index (χ0v) is 15.6. The molecule has 0 aliphatic carbocycles. The van der Waals surface area contributed by atoms with Crippen molar-refractivity contribution < 1.29 is 22.4 Å². The molecule has 1 aromatic rings. The molecule has 3 heterocycles. The van der Waals surface area contributed by atoms with Gasteiger partial charge in [-0.2, -0.15) is 0 Å². The second-order valence-corrected chi connectivity index (χ2v) is 9.50. The van der Waals surface area contributed by atoms with Crippen LogP contribution in [0.2, 0.25) is 0 Å². The van der Waals surface area contributed by atoms with Gasteiger partial charge in [-0.25, -0.2) is 12.8 Å². The molecule has 4 rings (SSSR count). The van der Waals surface area contributed by atoms with Gasteiger partial charge in [-0.1, -0.05) is 17.3 Å². The first-order chi connectivity index (χ1) is 12.9. The second-order valence-electron chi connectivity index (χ2n) is 7.35. The zero-order valence-electron chi connectivity index (χ0n) is 14.8. The topological polar surface area (TPSA) is 88.1 Å². The molecule has 1 aromatic carbocycles. The number of carbonyl (C=O) groups is 1. The van der Waals surface area contributed by atoms with Gasteiger partial charge in [0.05, 0.1) is 23.3 Å². The highest BCUT2D eigenvalue weighted by atomic mass is 32.2. The lowest BCUT2D eigenvalue weighted by Gasteiger charge is -2.28. The van der Waals surface area contributed by atoms with Crippen LogP contribution in [0.1, 0.15) is 24.8 Å². The number of rotatable bonds is 4. The van der Waals surface area contributed by atoms with Crippen molar-refractivity contribution in [2.24, 2.45) is 5.16 Å². The number of nitrogens with zero attached hydrogens (tertiary/aromatic N) is 2. The number of hydrogen-bond donors (Lipinski definition) is 1. The summed E-state index contributed by atoms with van der Waals surface area (Å²) in [5.41, 5.74) is 1.08. The fourth-order valence-electron chi connectivity index (χ4n) is 4.03. The molecule has 0 saturated carbocycles. The van der Waals surface area contributed by atoms with Crippen molar-refractivity contribution in [2.75, 3.05) is 24.6 Å². The smallest absolute Gasteiger partial charge is 0.264 e. The molecule has 0 bridgehead atoms. The van der Waals surface area contributed by atoms with Crippen LogP contribution in [0.15, 0.2) is 29.4 Å². The van der Waals surface area contributed by atoms with Crippen LogP contribution in [0.3, 0.4) is 0 Å². The Morgan fingerprint density at radius 2 is 2.04 bits per heavy atom. The highest BCUT2D eigenvalue weighted by molar-refractivity contribution is 7.91. The van der Waals surface area contributed by atoms with E-state index in [0.717, 1.165) is 25.9 Å². The maximum Gasteiger partial charge on any atom is 0.264 e. The fraction of sp³-hybridized carbons (Fsp3) is 0.556. The van der Waals surface area contributed by atoms with Crippen LogP contribution in [0.25, 0.3) is 0 Å². The lowest BCUT2D eigenvalue weighted by atomic mass is 10.0. The first-order valence-corrected chi connectivity index (χ1v) is 11.0. The first-order valence-electron chi connectivity index (χ1n) is 9.15. The number of likely N-dealkylation sites (tertiary alicyclic amines) is 1. The Labute approximate surface area is 157 Å². The third-order valence-corrected chi connectivity index (χ3v) is 7.10. The predicted octanol–water partition coefficient (Wildman–Crippen LogP) is 0.696. The molecule has 3 atom stereocenters. The Hall–Kier alpha value is -2.00. The summed E-state index contributed by atoms with van der Waals surface area (Å²) in [6, 6.07) is 5.33. The van der Waals surface area contributed by atoms with Gasteiger partial charge in [0, 0.05) is 18.0 Å². The van der Waals surface area contributed by atoms with Gasteiger partial charge >= 0.3 is 0 Å². The Morgan fingerprint density at radius 3 is 2.78 bits per heavy atom. The van der Waals surface area contributed by atoms with Gasteiger partial charge in [0.1, 0.15) is 5.82 Å². The van der Waals surface area contributed by atoms with Crippen LogP contribution in [-0.2, 0) is 19.5 Å². The van der Waals surface area contributed by atoms with Gasteiger partial charge in [-0.3, -0.25) is 9.69 Å². The molecule has 3 aliphatic heterocycles. The van der Waals surface area contributed by atoms with E-state index in [4.69, 9.17) is 4.84 Å². The molecule has 9 heteroatoms. The van der Waals surface area contributed by atoms with E-state index in [1.807, 2.05) is 0 Å². The number of nitrogens with one attached hydrogen (secondary N) is 1. The molecule has 0 spiro atoms. The summed E-state index contributed by atoms with van der Waals surface area (Å²) >= 11 is 0. The van der Waals surface area contributed by atoms with E-state index in [0.29, 0.717) is 11.3 Å². The van der Waals surface area contributed by atoms with E-state index in [9.17, 15) is 17.6 Å². The third-order valence-electron chi connectivity index (χ3n) is 5.38. The van der Waals surface area contributed by atoms with Crippen LogP contribution < -0.4 is 5.32 Å². The van der Waals surface area contributed by atoms with E-state index in [1.165, 1.54) is 12.1 Å². The summed E-state index contributed by atoms with van der Waals surface area (Å²) in [5.74, 6) is -0.733. The number of halogens is 1. The zero-order chi connectivity index (χ0) is 19.0. The standard InChI is InChI=1S/C18H22FN3O4S/c19-13-5-3-4-12(8-13)14-9-17(26-21-14)18(23)20-15-10-27(24,25)11-16(15)22-6-1-2-7-22/h3-5,8,15-17H,1-2,6-7,9-11H2,(H,20,23)/t15-,16+,17+/m1/s1. The molecule has 0 unspecified atom stereocenters. The van der Waals surface area contributed by atoms with Crippen LogP contribution >= 0.6 is 0 Å². The maximum atomic E-state index is 13.4. The average Bonchev–Trinajstić information content (AvgIpc) is 3.34. The normalized spacial score (nSPS) is 30.1. The summed E-state index contributed by atoms with van der Waals surface area (Å²) in [5, 5.41) is 6.76. The van der Waals surface area contributed by atoms with Crippen LogP contribution in [-0.4, -0.2) is 67.7 Å². The largest absolute Gasteiger partial charge is 0.382 e. The average molecular weight is 395 g/mol. The van der Waals surface area contributed by atoms with Gasteiger partial charge in [0.25, 0.3) is 5.91 Å². The monoisotopic (exact) mass is 395 g/mol. The van der Waals surface area contributed by atoms with E-state index in [-0.39, 0.29) is 35.7 Å². The van der Waals surface area contributed by atoms with Crippen LogP contribution in [0.5, 0.6) is 0 Å². The first kappa shape index (κ1) is 18.4. The Kier molecular flexibility index (Phi) is 4.90. The number of oxime groups is 1. The molecule has 1 N–H and O–H groups in total. The minimum atomic E-state index is -3.18.